The molecule has 0 unspecified atom stereocenters. The van der Waals surface area contributed by atoms with Crippen LogP contribution in [0.2, 0.25) is 5.02 Å². The SMILES string of the molecule is CCNC(=O)c1coc(CN(Cc2ccccc2Cl)CC2CC2)n1. The number of oxazole rings is 1. The maximum atomic E-state index is 11.8. The van der Waals surface area contributed by atoms with Crippen LogP contribution >= 0.6 is 11.6 Å². The quantitative estimate of drug-likeness (QED) is 0.794. The highest BCUT2D eigenvalue weighted by Crippen LogP contribution is 2.31. The maximum absolute atomic E-state index is 11.8. The molecule has 3 rings (SSSR count). The normalized spacial score (nSPS) is 14.1. The van der Waals surface area contributed by atoms with Crippen LogP contribution < -0.4 is 5.32 Å². The van der Waals surface area contributed by atoms with Crippen LogP contribution in [0.15, 0.2) is 34.9 Å². The van der Waals surface area contributed by atoms with Crippen LogP contribution in [0.5, 0.6) is 0 Å². The molecular formula is C18H22ClN3O2. The van der Waals surface area contributed by atoms with Crippen molar-refractivity contribution in [2.45, 2.75) is 32.9 Å². The topological polar surface area (TPSA) is 58.4 Å². The van der Waals surface area contributed by atoms with Gasteiger partial charge in [0.1, 0.15) is 6.26 Å². The van der Waals surface area contributed by atoms with Crippen molar-refractivity contribution in [2.24, 2.45) is 5.92 Å². The van der Waals surface area contributed by atoms with E-state index in [-0.39, 0.29) is 5.91 Å². The number of hydrogen-bond donors (Lipinski definition) is 1. The second-order valence-corrected chi connectivity index (χ2v) is 6.60. The summed E-state index contributed by atoms with van der Waals surface area (Å²) in [5, 5.41) is 3.50. The summed E-state index contributed by atoms with van der Waals surface area (Å²) in [5.74, 6) is 1.10. The van der Waals surface area contributed by atoms with E-state index in [1.165, 1.54) is 19.1 Å². The molecule has 0 bridgehead atoms. The summed E-state index contributed by atoms with van der Waals surface area (Å²) < 4.78 is 5.49. The Hall–Kier alpha value is -1.85. The van der Waals surface area contributed by atoms with Gasteiger partial charge in [0.05, 0.1) is 6.54 Å². The number of carbonyl (C=O) groups is 1. The summed E-state index contributed by atoms with van der Waals surface area (Å²) in [4.78, 5) is 18.4. The van der Waals surface area contributed by atoms with Crippen LogP contribution in [0.3, 0.4) is 0 Å². The number of amides is 1. The van der Waals surface area contributed by atoms with Gasteiger partial charge in [0, 0.05) is 24.7 Å². The average Bonchev–Trinajstić information content (AvgIpc) is 3.25. The molecule has 24 heavy (non-hydrogen) atoms. The first-order chi connectivity index (χ1) is 11.7. The Kier molecular flexibility index (Phi) is 5.53. The Balaban J connectivity index is 1.68. The first-order valence-corrected chi connectivity index (χ1v) is 8.72. The van der Waals surface area contributed by atoms with E-state index in [0.717, 1.165) is 29.6 Å². The standard InChI is InChI=1S/C18H22ClN3O2/c1-2-20-18(23)16-12-24-17(21-16)11-22(9-13-7-8-13)10-14-5-3-4-6-15(14)19/h3-6,12-13H,2,7-11H2,1H3,(H,20,23). The first kappa shape index (κ1) is 17.0. The van der Waals surface area contributed by atoms with E-state index in [1.54, 1.807) is 0 Å². The summed E-state index contributed by atoms with van der Waals surface area (Å²) >= 11 is 6.29. The Labute approximate surface area is 147 Å². The molecule has 1 N–H and O–H groups in total. The molecule has 1 aromatic heterocycles. The minimum absolute atomic E-state index is 0.202. The van der Waals surface area contributed by atoms with E-state index in [4.69, 9.17) is 16.0 Å². The van der Waals surface area contributed by atoms with Crippen molar-refractivity contribution < 1.29 is 9.21 Å². The molecular weight excluding hydrogens is 326 g/mol. The van der Waals surface area contributed by atoms with Gasteiger partial charge in [-0.3, -0.25) is 9.69 Å². The van der Waals surface area contributed by atoms with Crippen molar-refractivity contribution in [1.29, 1.82) is 0 Å². The largest absolute Gasteiger partial charge is 0.447 e. The summed E-state index contributed by atoms with van der Waals surface area (Å²) in [6.07, 6.45) is 3.97. The van der Waals surface area contributed by atoms with Crippen molar-refractivity contribution in [3.63, 3.8) is 0 Å². The number of hydrogen-bond acceptors (Lipinski definition) is 4. The molecule has 1 heterocycles. The van der Waals surface area contributed by atoms with E-state index >= 15 is 0 Å². The van der Waals surface area contributed by atoms with Gasteiger partial charge >= 0.3 is 0 Å². The summed E-state index contributed by atoms with van der Waals surface area (Å²) in [7, 11) is 0. The number of nitrogens with one attached hydrogen (secondary N) is 1. The number of halogens is 1. The van der Waals surface area contributed by atoms with Gasteiger partial charge in [0.2, 0.25) is 5.89 Å². The minimum Gasteiger partial charge on any atom is -0.447 e. The second-order valence-electron chi connectivity index (χ2n) is 6.19. The van der Waals surface area contributed by atoms with Crippen molar-refractivity contribution in [3.05, 3.63) is 52.7 Å². The van der Waals surface area contributed by atoms with Crippen LogP contribution in [0.25, 0.3) is 0 Å². The van der Waals surface area contributed by atoms with Gasteiger partial charge in [-0.05, 0) is 37.3 Å². The molecule has 2 aromatic rings. The average molecular weight is 348 g/mol. The highest BCUT2D eigenvalue weighted by atomic mass is 35.5. The van der Waals surface area contributed by atoms with Gasteiger partial charge in [0.25, 0.3) is 5.91 Å². The van der Waals surface area contributed by atoms with Gasteiger partial charge in [-0.1, -0.05) is 29.8 Å². The first-order valence-electron chi connectivity index (χ1n) is 8.34. The van der Waals surface area contributed by atoms with E-state index in [1.807, 2.05) is 31.2 Å². The summed E-state index contributed by atoms with van der Waals surface area (Å²) in [6.45, 7) is 4.75. The monoisotopic (exact) mass is 347 g/mol. The highest BCUT2D eigenvalue weighted by Gasteiger charge is 2.25. The van der Waals surface area contributed by atoms with Gasteiger partial charge in [-0.25, -0.2) is 4.98 Å². The molecule has 5 nitrogen and oxygen atoms in total. The molecule has 0 radical (unpaired) electrons. The van der Waals surface area contributed by atoms with Crippen molar-refractivity contribution >= 4 is 17.5 Å². The Morgan fingerprint density at radius 2 is 2.17 bits per heavy atom. The predicted octanol–water partition coefficient (Wildman–Crippen LogP) is 3.49. The molecule has 1 fully saturated rings. The van der Waals surface area contributed by atoms with Gasteiger partial charge in [-0.15, -0.1) is 0 Å². The smallest absolute Gasteiger partial charge is 0.273 e. The van der Waals surface area contributed by atoms with Gasteiger partial charge in [0.15, 0.2) is 5.69 Å². The summed E-state index contributed by atoms with van der Waals surface area (Å²) in [5.41, 5.74) is 1.42. The number of rotatable bonds is 8. The van der Waals surface area contributed by atoms with E-state index in [2.05, 4.69) is 15.2 Å². The molecule has 1 amide bonds. The zero-order chi connectivity index (χ0) is 16.9. The van der Waals surface area contributed by atoms with Crippen LogP contribution in [-0.2, 0) is 13.1 Å². The molecule has 1 aromatic carbocycles. The maximum Gasteiger partial charge on any atom is 0.273 e. The third-order valence-electron chi connectivity index (χ3n) is 4.05. The molecule has 0 spiro atoms. The third-order valence-corrected chi connectivity index (χ3v) is 4.41. The Bertz CT molecular complexity index is 697. The van der Waals surface area contributed by atoms with Crippen LogP contribution in [-0.4, -0.2) is 28.9 Å². The molecule has 1 aliphatic rings. The lowest BCUT2D eigenvalue weighted by atomic mass is 10.2. The van der Waals surface area contributed by atoms with Crippen molar-refractivity contribution in [3.8, 4) is 0 Å². The zero-order valence-corrected chi connectivity index (χ0v) is 14.6. The minimum atomic E-state index is -0.202. The molecule has 1 saturated carbocycles. The number of nitrogens with zero attached hydrogens (tertiary/aromatic N) is 2. The fourth-order valence-corrected chi connectivity index (χ4v) is 2.84. The number of carbonyl (C=O) groups excluding carboxylic acids is 1. The van der Waals surface area contributed by atoms with E-state index < -0.39 is 0 Å². The lowest BCUT2D eigenvalue weighted by molar-refractivity contribution is 0.0950. The molecule has 0 atom stereocenters. The number of aromatic nitrogens is 1. The predicted molar refractivity (Wildman–Crippen MR) is 92.8 cm³/mol. The Morgan fingerprint density at radius 3 is 2.88 bits per heavy atom. The summed E-state index contributed by atoms with van der Waals surface area (Å²) in [6, 6.07) is 7.88. The second kappa shape index (κ2) is 7.81. The van der Waals surface area contributed by atoms with Gasteiger partial charge < -0.3 is 9.73 Å². The number of benzene rings is 1. The highest BCUT2D eigenvalue weighted by molar-refractivity contribution is 6.31. The lowest BCUT2D eigenvalue weighted by Crippen LogP contribution is -2.26. The molecule has 0 aliphatic heterocycles. The van der Waals surface area contributed by atoms with E-state index in [9.17, 15) is 4.79 Å². The van der Waals surface area contributed by atoms with Crippen LogP contribution in [0.1, 0.15) is 41.7 Å². The van der Waals surface area contributed by atoms with Gasteiger partial charge in [-0.2, -0.15) is 0 Å². The molecule has 1 aliphatic carbocycles. The third kappa shape index (κ3) is 4.58. The van der Waals surface area contributed by atoms with E-state index in [0.29, 0.717) is 24.7 Å². The molecule has 128 valence electrons. The fourth-order valence-electron chi connectivity index (χ4n) is 2.65. The van der Waals surface area contributed by atoms with Crippen LogP contribution in [0.4, 0.5) is 0 Å². The lowest BCUT2D eigenvalue weighted by Gasteiger charge is -2.21. The molecule has 6 heteroatoms. The zero-order valence-electron chi connectivity index (χ0n) is 13.8. The molecule has 0 saturated heterocycles. The van der Waals surface area contributed by atoms with Crippen LogP contribution in [0, 0.1) is 5.92 Å². The fraction of sp³-hybridized carbons (Fsp3) is 0.444. The van der Waals surface area contributed by atoms with Crippen molar-refractivity contribution in [2.75, 3.05) is 13.1 Å². The Morgan fingerprint density at radius 1 is 1.38 bits per heavy atom. The van der Waals surface area contributed by atoms with Crippen molar-refractivity contribution in [1.82, 2.24) is 15.2 Å².